The van der Waals surface area contributed by atoms with Crippen LogP contribution in [-0.2, 0) is 35.5 Å². The van der Waals surface area contributed by atoms with Gasteiger partial charge in [0.25, 0.3) is 0 Å². The van der Waals surface area contributed by atoms with Crippen molar-refractivity contribution in [1.82, 2.24) is 30.8 Å². The highest BCUT2D eigenvalue weighted by Crippen LogP contribution is 2.20. The number of rotatable bonds is 17. The number of hydrogen-bond acceptors (Lipinski definition) is 9. The molecule has 4 N–H and O–H groups in total. The second-order valence-corrected chi connectivity index (χ2v) is 14.3. The minimum Gasteiger partial charge on any atom is -0.444 e. The van der Waals surface area contributed by atoms with Gasteiger partial charge in [-0.15, -0.1) is 22.7 Å². The van der Waals surface area contributed by atoms with Crippen molar-refractivity contribution in [3.05, 3.63) is 104 Å². The highest BCUT2D eigenvalue weighted by molar-refractivity contribution is 7.09. The quantitative estimate of drug-likeness (QED) is 0.111. The predicted octanol–water partition coefficient (Wildman–Crippen LogP) is 5.66. The van der Waals surface area contributed by atoms with Gasteiger partial charge in [-0.05, 0) is 43.7 Å². The van der Waals surface area contributed by atoms with E-state index >= 15 is 0 Å². The highest BCUT2D eigenvalue weighted by Gasteiger charge is 2.29. The molecule has 0 aliphatic rings. The fourth-order valence-electron chi connectivity index (χ4n) is 5.22. The van der Waals surface area contributed by atoms with Crippen LogP contribution in [0, 0.1) is 0 Å². The summed E-state index contributed by atoms with van der Waals surface area (Å²) in [5, 5.41) is 22.3. The van der Waals surface area contributed by atoms with Crippen LogP contribution in [0.2, 0.25) is 0 Å². The van der Waals surface area contributed by atoms with Crippen molar-refractivity contribution in [1.29, 1.82) is 0 Å². The van der Waals surface area contributed by atoms with E-state index < -0.39 is 30.2 Å². The summed E-state index contributed by atoms with van der Waals surface area (Å²) in [4.78, 5) is 50.6. The van der Waals surface area contributed by atoms with Crippen LogP contribution in [0.1, 0.15) is 66.2 Å². The summed E-state index contributed by atoms with van der Waals surface area (Å²) >= 11 is 2.96. The SMILES string of the molecule is CC(C)c1nc(CN(C)C(=O)N[C@H](C(=O)N[C@H](CC[C@H](Cc2ccccc2)NC(=O)OCc2cncs2)Cc2ccccc2)C(C)O)cs1. The monoisotopic (exact) mass is 706 g/mol. The molecule has 2 aromatic carbocycles. The molecule has 13 heteroatoms. The van der Waals surface area contributed by atoms with Crippen molar-refractivity contribution < 1.29 is 24.2 Å². The molecule has 4 amide bonds. The number of nitrogens with one attached hydrogen (secondary N) is 3. The Bertz CT molecular complexity index is 1580. The number of hydrogen-bond donors (Lipinski definition) is 4. The molecule has 0 aliphatic heterocycles. The predicted molar refractivity (Wildman–Crippen MR) is 192 cm³/mol. The first-order valence-corrected chi connectivity index (χ1v) is 18.2. The molecule has 0 bridgehead atoms. The van der Waals surface area contributed by atoms with E-state index in [1.54, 1.807) is 30.1 Å². The van der Waals surface area contributed by atoms with Gasteiger partial charge in [-0.1, -0.05) is 74.5 Å². The van der Waals surface area contributed by atoms with Crippen LogP contribution in [-0.4, -0.2) is 69.3 Å². The summed E-state index contributed by atoms with van der Waals surface area (Å²) in [7, 11) is 1.63. The molecule has 0 saturated heterocycles. The molecule has 1 unspecified atom stereocenters. The maximum absolute atomic E-state index is 13.7. The van der Waals surface area contributed by atoms with E-state index in [2.05, 4.69) is 39.8 Å². The van der Waals surface area contributed by atoms with Gasteiger partial charge < -0.3 is 30.7 Å². The van der Waals surface area contributed by atoms with E-state index in [0.29, 0.717) is 25.7 Å². The molecule has 0 radical (unpaired) electrons. The van der Waals surface area contributed by atoms with Crippen LogP contribution in [0.25, 0.3) is 0 Å². The maximum Gasteiger partial charge on any atom is 0.407 e. The third-order valence-electron chi connectivity index (χ3n) is 7.86. The minimum atomic E-state index is -1.19. The number of benzene rings is 2. The fourth-order valence-corrected chi connectivity index (χ4v) is 6.56. The molecule has 0 saturated carbocycles. The van der Waals surface area contributed by atoms with E-state index in [9.17, 15) is 19.5 Å². The van der Waals surface area contributed by atoms with Crippen molar-refractivity contribution >= 4 is 40.7 Å². The van der Waals surface area contributed by atoms with E-state index in [1.807, 2.05) is 66.0 Å². The van der Waals surface area contributed by atoms with Gasteiger partial charge in [-0.3, -0.25) is 9.78 Å². The van der Waals surface area contributed by atoms with Gasteiger partial charge in [0.2, 0.25) is 5.91 Å². The second-order valence-electron chi connectivity index (χ2n) is 12.4. The number of ether oxygens (including phenoxy) is 1. The van der Waals surface area contributed by atoms with Gasteiger partial charge in [0.05, 0.1) is 33.7 Å². The Morgan fingerprint density at radius 2 is 1.49 bits per heavy atom. The zero-order chi connectivity index (χ0) is 35.2. The number of nitrogens with zero attached hydrogens (tertiary/aromatic N) is 3. The first kappa shape index (κ1) is 37.5. The van der Waals surface area contributed by atoms with Gasteiger partial charge in [0.1, 0.15) is 12.6 Å². The molecule has 2 aromatic heterocycles. The standard InChI is InChI=1S/C36H46N6O5S2/c1-24(2)34-39-30(22-48-34)20-42(4)35(45)41-32(25(3)43)33(44)38-28(17-26-11-7-5-8-12-26)15-16-29(18-27-13-9-6-10-14-27)40-36(46)47-21-31-19-37-23-49-31/h5-14,19,22-25,28-29,32,43H,15-18,20-21H2,1-4H3,(H,38,44)(H,40,46)(H,41,45)/t25?,28-,29-,32+/m1/s1. The first-order valence-electron chi connectivity index (χ1n) is 16.4. The lowest BCUT2D eigenvalue weighted by Crippen LogP contribution is -2.56. The van der Waals surface area contributed by atoms with Crippen LogP contribution < -0.4 is 16.0 Å². The van der Waals surface area contributed by atoms with Crippen molar-refractivity contribution in [2.24, 2.45) is 0 Å². The summed E-state index contributed by atoms with van der Waals surface area (Å²) in [6, 6.07) is 17.3. The summed E-state index contributed by atoms with van der Waals surface area (Å²) in [5.41, 5.74) is 4.52. The average molecular weight is 707 g/mol. The minimum absolute atomic E-state index is 0.131. The zero-order valence-corrected chi connectivity index (χ0v) is 30.0. The fraction of sp³-hybridized carbons (Fsp3) is 0.417. The lowest BCUT2D eigenvalue weighted by atomic mass is 9.95. The van der Waals surface area contributed by atoms with Gasteiger partial charge in [-0.2, -0.15) is 0 Å². The van der Waals surface area contributed by atoms with Crippen LogP contribution >= 0.6 is 22.7 Å². The first-order chi connectivity index (χ1) is 23.6. The molecule has 4 rings (SSSR count). The van der Waals surface area contributed by atoms with Crippen molar-refractivity contribution in [3.63, 3.8) is 0 Å². The van der Waals surface area contributed by atoms with E-state index in [-0.39, 0.29) is 31.2 Å². The number of amides is 4. The number of carbonyl (C=O) groups is 3. The van der Waals surface area contributed by atoms with Crippen molar-refractivity contribution in [3.8, 4) is 0 Å². The van der Waals surface area contributed by atoms with Gasteiger partial charge in [-0.25, -0.2) is 14.6 Å². The van der Waals surface area contributed by atoms with E-state index in [0.717, 1.165) is 26.7 Å². The number of carbonyl (C=O) groups excluding carboxylic acids is 3. The number of aliphatic hydroxyl groups is 1. The van der Waals surface area contributed by atoms with Gasteiger partial charge in [0, 0.05) is 36.6 Å². The second kappa shape index (κ2) is 19.0. The largest absolute Gasteiger partial charge is 0.444 e. The number of alkyl carbamates (subject to hydrolysis) is 1. The lowest BCUT2D eigenvalue weighted by molar-refractivity contribution is -0.126. The van der Waals surface area contributed by atoms with E-state index in [4.69, 9.17) is 4.74 Å². The Kier molecular flexibility index (Phi) is 14.5. The third kappa shape index (κ3) is 12.6. The van der Waals surface area contributed by atoms with Crippen LogP contribution in [0.4, 0.5) is 9.59 Å². The maximum atomic E-state index is 13.7. The lowest BCUT2D eigenvalue weighted by Gasteiger charge is -2.28. The molecule has 0 fully saturated rings. The molecule has 49 heavy (non-hydrogen) atoms. The summed E-state index contributed by atoms with van der Waals surface area (Å²) in [5.74, 6) is -0.206. The molecular weight excluding hydrogens is 661 g/mol. The molecule has 262 valence electrons. The summed E-state index contributed by atoms with van der Waals surface area (Å²) < 4.78 is 5.46. The molecule has 2 heterocycles. The van der Waals surface area contributed by atoms with Gasteiger partial charge in [0.15, 0.2) is 0 Å². The molecule has 4 atom stereocenters. The van der Waals surface area contributed by atoms with E-state index in [1.165, 1.54) is 23.2 Å². The Hall–Kier alpha value is -4.33. The highest BCUT2D eigenvalue weighted by atomic mass is 32.1. The Morgan fingerprint density at radius 3 is 2.02 bits per heavy atom. The third-order valence-corrected chi connectivity index (χ3v) is 9.81. The van der Waals surface area contributed by atoms with Crippen molar-refractivity contribution in [2.45, 2.75) is 89.8 Å². The molecule has 11 nitrogen and oxygen atoms in total. The Morgan fingerprint density at radius 1 is 0.878 bits per heavy atom. The van der Waals surface area contributed by atoms with Crippen LogP contribution in [0.3, 0.4) is 0 Å². The Labute approximate surface area is 296 Å². The van der Waals surface area contributed by atoms with Crippen molar-refractivity contribution in [2.75, 3.05) is 7.05 Å². The number of urea groups is 1. The zero-order valence-electron chi connectivity index (χ0n) is 28.4. The number of aliphatic hydroxyl groups excluding tert-OH is 1. The topological polar surface area (TPSA) is 146 Å². The molecule has 0 spiro atoms. The van der Waals surface area contributed by atoms with Gasteiger partial charge >= 0.3 is 12.1 Å². The molecule has 4 aromatic rings. The number of aromatic nitrogens is 2. The summed E-state index contributed by atoms with van der Waals surface area (Å²) in [6.45, 7) is 6.00. The smallest absolute Gasteiger partial charge is 0.407 e. The van der Waals surface area contributed by atoms with Crippen LogP contribution in [0.5, 0.6) is 0 Å². The molecular formula is C36H46N6O5S2. The Balaban J connectivity index is 1.43. The normalized spacial score (nSPS) is 13.6. The average Bonchev–Trinajstić information content (AvgIpc) is 3.78. The number of thiazole rings is 2. The summed E-state index contributed by atoms with van der Waals surface area (Å²) in [6.07, 6.45) is 2.11. The molecule has 0 aliphatic carbocycles. The van der Waals surface area contributed by atoms with Crippen LogP contribution in [0.15, 0.2) is 77.8 Å².